The number of benzene rings is 2. The Hall–Kier alpha value is -2.69. The summed E-state index contributed by atoms with van der Waals surface area (Å²) in [7, 11) is 0. The Kier molecular flexibility index (Phi) is 4.03. The number of nitrogens with one attached hydrogen (secondary N) is 1. The van der Waals surface area contributed by atoms with E-state index in [0.717, 1.165) is 11.1 Å². The smallest absolute Gasteiger partial charge is 0.272 e. The molecular formula is C16H16N2O3. The maximum atomic E-state index is 12.2. The first-order valence-corrected chi connectivity index (χ1v) is 6.51. The van der Waals surface area contributed by atoms with Crippen molar-refractivity contribution in [1.82, 2.24) is 0 Å². The van der Waals surface area contributed by atoms with E-state index in [1.807, 2.05) is 32.0 Å². The van der Waals surface area contributed by atoms with Crippen LogP contribution in [0.25, 0.3) is 0 Å². The summed E-state index contributed by atoms with van der Waals surface area (Å²) in [6.45, 7) is 5.53. The van der Waals surface area contributed by atoms with Crippen LogP contribution in [0.15, 0.2) is 36.4 Å². The highest BCUT2D eigenvalue weighted by atomic mass is 16.6. The van der Waals surface area contributed by atoms with Gasteiger partial charge in [0.15, 0.2) is 0 Å². The normalized spacial score (nSPS) is 10.2. The SMILES string of the molecule is Cc1cc(C)cc(NC(=O)c2ccc([N+](=O)[O-])c(C)c2)c1. The Morgan fingerprint density at radius 3 is 2.19 bits per heavy atom. The molecule has 2 aromatic carbocycles. The van der Waals surface area contributed by atoms with Gasteiger partial charge < -0.3 is 5.32 Å². The molecule has 2 aromatic rings. The van der Waals surface area contributed by atoms with Crippen molar-refractivity contribution < 1.29 is 9.72 Å². The largest absolute Gasteiger partial charge is 0.322 e. The lowest BCUT2D eigenvalue weighted by molar-refractivity contribution is -0.385. The second kappa shape index (κ2) is 5.75. The maximum absolute atomic E-state index is 12.2. The van der Waals surface area contributed by atoms with Gasteiger partial charge in [0.25, 0.3) is 11.6 Å². The number of carbonyl (C=O) groups excluding carboxylic acids is 1. The number of nitro benzene ring substituents is 1. The van der Waals surface area contributed by atoms with Crippen LogP contribution in [0.3, 0.4) is 0 Å². The van der Waals surface area contributed by atoms with E-state index in [1.54, 1.807) is 6.92 Å². The molecule has 0 saturated carbocycles. The van der Waals surface area contributed by atoms with E-state index >= 15 is 0 Å². The molecule has 21 heavy (non-hydrogen) atoms. The van der Waals surface area contributed by atoms with Gasteiger partial charge in [-0.25, -0.2) is 0 Å². The lowest BCUT2D eigenvalue weighted by Crippen LogP contribution is -2.12. The maximum Gasteiger partial charge on any atom is 0.272 e. The van der Waals surface area contributed by atoms with Crippen LogP contribution < -0.4 is 5.32 Å². The molecule has 5 nitrogen and oxygen atoms in total. The molecule has 0 aliphatic heterocycles. The van der Waals surface area contributed by atoms with Crippen molar-refractivity contribution in [2.75, 3.05) is 5.32 Å². The zero-order chi connectivity index (χ0) is 15.6. The van der Waals surface area contributed by atoms with E-state index in [4.69, 9.17) is 0 Å². The predicted molar refractivity (Wildman–Crippen MR) is 81.7 cm³/mol. The van der Waals surface area contributed by atoms with E-state index in [1.165, 1.54) is 18.2 Å². The quantitative estimate of drug-likeness (QED) is 0.688. The third kappa shape index (κ3) is 3.45. The molecule has 0 saturated heterocycles. The Balaban J connectivity index is 2.24. The highest BCUT2D eigenvalue weighted by Gasteiger charge is 2.14. The minimum atomic E-state index is -0.457. The molecule has 0 aliphatic rings. The number of amides is 1. The molecule has 1 amide bonds. The van der Waals surface area contributed by atoms with Crippen LogP contribution in [0.5, 0.6) is 0 Å². The van der Waals surface area contributed by atoms with Gasteiger partial charge in [-0.3, -0.25) is 14.9 Å². The van der Waals surface area contributed by atoms with Gasteiger partial charge in [-0.1, -0.05) is 6.07 Å². The van der Waals surface area contributed by atoms with Crippen molar-refractivity contribution in [1.29, 1.82) is 0 Å². The molecule has 0 spiro atoms. The molecule has 0 aliphatic carbocycles. The summed E-state index contributed by atoms with van der Waals surface area (Å²) in [6, 6.07) is 10.1. The Morgan fingerprint density at radius 1 is 1.05 bits per heavy atom. The Morgan fingerprint density at radius 2 is 1.67 bits per heavy atom. The summed E-state index contributed by atoms with van der Waals surface area (Å²) in [5.41, 5.74) is 3.71. The first-order chi connectivity index (χ1) is 9.86. The second-order valence-corrected chi connectivity index (χ2v) is 5.09. The first kappa shape index (κ1) is 14.7. The number of hydrogen-bond donors (Lipinski definition) is 1. The van der Waals surface area contributed by atoms with E-state index < -0.39 is 4.92 Å². The molecule has 108 valence electrons. The van der Waals surface area contributed by atoms with Crippen molar-refractivity contribution in [2.45, 2.75) is 20.8 Å². The molecule has 0 unspecified atom stereocenters. The number of anilines is 1. The molecular weight excluding hydrogens is 268 g/mol. The van der Waals surface area contributed by atoms with Crippen molar-refractivity contribution in [3.63, 3.8) is 0 Å². The van der Waals surface area contributed by atoms with Gasteiger partial charge in [-0.2, -0.15) is 0 Å². The monoisotopic (exact) mass is 284 g/mol. The molecule has 0 radical (unpaired) electrons. The number of rotatable bonds is 3. The fourth-order valence-corrected chi connectivity index (χ4v) is 2.25. The van der Waals surface area contributed by atoms with Gasteiger partial charge in [0, 0.05) is 22.9 Å². The fraction of sp³-hybridized carbons (Fsp3) is 0.188. The van der Waals surface area contributed by atoms with E-state index in [2.05, 4.69) is 5.32 Å². The molecule has 5 heteroatoms. The number of nitro groups is 1. The summed E-state index contributed by atoms with van der Waals surface area (Å²) in [4.78, 5) is 22.5. The van der Waals surface area contributed by atoms with Crippen LogP contribution >= 0.6 is 0 Å². The molecule has 1 N–H and O–H groups in total. The lowest BCUT2D eigenvalue weighted by atomic mass is 10.1. The van der Waals surface area contributed by atoms with Crippen molar-refractivity contribution in [2.24, 2.45) is 0 Å². The topological polar surface area (TPSA) is 72.2 Å². The molecule has 0 bridgehead atoms. The van der Waals surface area contributed by atoms with Crippen molar-refractivity contribution >= 4 is 17.3 Å². The van der Waals surface area contributed by atoms with Gasteiger partial charge >= 0.3 is 0 Å². The zero-order valence-electron chi connectivity index (χ0n) is 12.1. The number of nitrogens with zero attached hydrogens (tertiary/aromatic N) is 1. The highest BCUT2D eigenvalue weighted by Crippen LogP contribution is 2.20. The average Bonchev–Trinajstić information content (AvgIpc) is 2.36. The van der Waals surface area contributed by atoms with E-state index in [0.29, 0.717) is 16.8 Å². The summed E-state index contributed by atoms with van der Waals surface area (Å²) < 4.78 is 0. The molecule has 0 heterocycles. The van der Waals surface area contributed by atoms with Crippen LogP contribution in [-0.2, 0) is 0 Å². The molecule has 2 rings (SSSR count). The minimum absolute atomic E-state index is 0.0120. The summed E-state index contributed by atoms with van der Waals surface area (Å²) in [5.74, 6) is -0.280. The van der Waals surface area contributed by atoms with Gasteiger partial charge in [0.2, 0.25) is 0 Å². The summed E-state index contributed by atoms with van der Waals surface area (Å²) in [5, 5.41) is 13.6. The lowest BCUT2D eigenvalue weighted by Gasteiger charge is -2.08. The first-order valence-electron chi connectivity index (χ1n) is 6.51. The third-order valence-corrected chi connectivity index (χ3v) is 3.14. The van der Waals surface area contributed by atoms with Gasteiger partial charge in [0.1, 0.15) is 0 Å². The van der Waals surface area contributed by atoms with E-state index in [-0.39, 0.29) is 11.6 Å². The average molecular weight is 284 g/mol. The van der Waals surface area contributed by atoms with Crippen LogP contribution in [0.4, 0.5) is 11.4 Å². The van der Waals surface area contributed by atoms with Crippen LogP contribution in [0.1, 0.15) is 27.0 Å². The van der Waals surface area contributed by atoms with Crippen LogP contribution in [0.2, 0.25) is 0 Å². The molecule has 0 fully saturated rings. The summed E-state index contributed by atoms with van der Waals surface area (Å²) >= 11 is 0. The van der Waals surface area contributed by atoms with Gasteiger partial charge in [-0.15, -0.1) is 0 Å². The van der Waals surface area contributed by atoms with Gasteiger partial charge in [-0.05, 0) is 56.2 Å². The Labute approximate surface area is 122 Å². The molecule has 0 atom stereocenters. The van der Waals surface area contributed by atoms with Crippen molar-refractivity contribution in [3.8, 4) is 0 Å². The van der Waals surface area contributed by atoms with Gasteiger partial charge in [0.05, 0.1) is 4.92 Å². The number of aryl methyl sites for hydroxylation is 3. The zero-order valence-corrected chi connectivity index (χ0v) is 12.1. The van der Waals surface area contributed by atoms with Crippen molar-refractivity contribution in [3.05, 3.63) is 68.8 Å². The third-order valence-electron chi connectivity index (χ3n) is 3.14. The van der Waals surface area contributed by atoms with Crippen LogP contribution in [0, 0.1) is 30.9 Å². The minimum Gasteiger partial charge on any atom is -0.322 e. The molecule has 0 aromatic heterocycles. The predicted octanol–water partition coefficient (Wildman–Crippen LogP) is 3.77. The standard InChI is InChI=1S/C16H16N2O3/c1-10-6-11(2)8-14(7-10)17-16(19)13-4-5-15(18(20)21)12(3)9-13/h4-9H,1-3H3,(H,17,19). The van der Waals surface area contributed by atoms with Crippen LogP contribution in [-0.4, -0.2) is 10.8 Å². The van der Waals surface area contributed by atoms with E-state index in [9.17, 15) is 14.9 Å². The Bertz CT molecular complexity index is 703. The second-order valence-electron chi connectivity index (χ2n) is 5.09. The fourth-order valence-electron chi connectivity index (χ4n) is 2.25. The number of hydrogen-bond acceptors (Lipinski definition) is 3. The number of carbonyl (C=O) groups is 1. The highest BCUT2D eigenvalue weighted by molar-refractivity contribution is 6.04. The summed E-state index contributed by atoms with van der Waals surface area (Å²) in [6.07, 6.45) is 0.